The molecular formula is C12H15ClN4O. The lowest BCUT2D eigenvalue weighted by Crippen LogP contribution is -2.06. The molecule has 0 spiro atoms. The number of hydrogen-bond acceptors (Lipinski definition) is 4. The fourth-order valence-corrected chi connectivity index (χ4v) is 1.75. The van der Waals surface area contributed by atoms with Crippen molar-refractivity contribution in [3.8, 4) is 5.75 Å². The maximum absolute atomic E-state index is 6.13. The number of hydrogen-bond donors (Lipinski definition) is 1. The third-order valence-electron chi connectivity index (χ3n) is 2.64. The number of ether oxygens (including phenoxy) is 1. The molecule has 0 aliphatic carbocycles. The van der Waals surface area contributed by atoms with Crippen LogP contribution in [0.3, 0.4) is 0 Å². The Labute approximate surface area is 111 Å². The van der Waals surface area contributed by atoms with Gasteiger partial charge in [0, 0.05) is 13.1 Å². The monoisotopic (exact) mass is 266 g/mol. The summed E-state index contributed by atoms with van der Waals surface area (Å²) in [6, 6.07) is 5.49. The van der Waals surface area contributed by atoms with Crippen LogP contribution in [0, 0.1) is 0 Å². The van der Waals surface area contributed by atoms with Crippen LogP contribution in [0.25, 0.3) is 0 Å². The maximum Gasteiger partial charge on any atom is 0.164 e. The third-order valence-corrected chi connectivity index (χ3v) is 2.94. The summed E-state index contributed by atoms with van der Waals surface area (Å²) >= 11 is 6.13. The second-order valence-electron chi connectivity index (χ2n) is 4.07. The van der Waals surface area contributed by atoms with Crippen LogP contribution >= 0.6 is 11.6 Å². The van der Waals surface area contributed by atoms with E-state index in [2.05, 4.69) is 10.1 Å². The SMILES string of the molecule is C[C@H](N)c1ccc(OCc2ncnn2C)c(Cl)c1. The molecule has 0 aliphatic heterocycles. The predicted molar refractivity (Wildman–Crippen MR) is 69.4 cm³/mol. The van der Waals surface area contributed by atoms with Gasteiger partial charge in [0.15, 0.2) is 5.82 Å². The van der Waals surface area contributed by atoms with Gasteiger partial charge in [0.2, 0.25) is 0 Å². The van der Waals surface area contributed by atoms with Crippen LogP contribution in [0.1, 0.15) is 24.4 Å². The molecule has 2 aromatic rings. The Morgan fingerprint density at radius 3 is 2.83 bits per heavy atom. The molecule has 96 valence electrons. The molecule has 0 saturated heterocycles. The van der Waals surface area contributed by atoms with Gasteiger partial charge < -0.3 is 10.5 Å². The zero-order valence-electron chi connectivity index (χ0n) is 10.3. The van der Waals surface area contributed by atoms with E-state index in [0.29, 0.717) is 17.4 Å². The fourth-order valence-electron chi connectivity index (χ4n) is 1.51. The van der Waals surface area contributed by atoms with Crippen LogP contribution in [-0.2, 0) is 13.7 Å². The summed E-state index contributed by atoms with van der Waals surface area (Å²) < 4.78 is 7.26. The lowest BCUT2D eigenvalue weighted by atomic mass is 10.1. The van der Waals surface area contributed by atoms with Crippen molar-refractivity contribution in [1.29, 1.82) is 0 Å². The summed E-state index contributed by atoms with van der Waals surface area (Å²) in [4.78, 5) is 4.07. The van der Waals surface area contributed by atoms with Crippen molar-refractivity contribution in [1.82, 2.24) is 14.8 Å². The summed E-state index contributed by atoms with van der Waals surface area (Å²) in [6.07, 6.45) is 1.49. The molecule has 0 amide bonds. The third kappa shape index (κ3) is 2.80. The van der Waals surface area contributed by atoms with E-state index in [-0.39, 0.29) is 6.04 Å². The van der Waals surface area contributed by atoms with Gasteiger partial charge >= 0.3 is 0 Å². The maximum atomic E-state index is 6.13. The van der Waals surface area contributed by atoms with Crippen LogP contribution in [0.15, 0.2) is 24.5 Å². The molecule has 0 radical (unpaired) electrons. The molecule has 0 bridgehead atoms. The van der Waals surface area contributed by atoms with E-state index in [1.165, 1.54) is 6.33 Å². The number of nitrogens with two attached hydrogens (primary N) is 1. The highest BCUT2D eigenvalue weighted by Gasteiger charge is 2.07. The highest BCUT2D eigenvalue weighted by molar-refractivity contribution is 6.32. The molecule has 1 aromatic heterocycles. The molecule has 0 saturated carbocycles. The molecule has 1 aromatic carbocycles. The molecular weight excluding hydrogens is 252 g/mol. The number of aromatic nitrogens is 3. The van der Waals surface area contributed by atoms with Crippen molar-refractivity contribution < 1.29 is 4.74 Å². The number of rotatable bonds is 4. The fraction of sp³-hybridized carbons (Fsp3) is 0.333. The number of nitrogens with zero attached hydrogens (tertiary/aromatic N) is 3. The highest BCUT2D eigenvalue weighted by atomic mass is 35.5. The van der Waals surface area contributed by atoms with Gasteiger partial charge in [0.1, 0.15) is 18.7 Å². The van der Waals surface area contributed by atoms with Crippen LogP contribution in [0.2, 0.25) is 5.02 Å². The van der Waals surface area contributed by atoms with Crippen molar-refractivity contribution >= 4 is 11.6 Å². The molecule has 0 fully saturated rings. The van der Waals surface area contributed by atoms with Crippen molar-refractivity contribution in [3.63, 3.8) is 0 Å². The second-order valence-corrected chi connectivity index (χ2v) is 4.47. The Bertz CT molecular complexity index is 539. The quantitative estimate of drug-likeness (QED) is 0.920. The first-order valence-electron chi connectivity index (χ1n) is 5.58. The largest absolute Gasteiger partial charge is 0.484 e. The van der Waals surface area contributed by atoms with Gasteiger partial charge in [0.25, 0.3) is 0 Å². The molecule has 0 unspecified atom stereocenters. The van der Waals surface area contributed by atoms with Crippen molar-refractivity contribution in [2.24, 2.45) is 12.8 Å². The Balaban J connectivity index is 2.08. The van der Waals surface area contributed by atoms with E-state index < -0.39 is 0 Å². The summed E-state index contributed by atoms with van der Waals surface area (Å²) in [5.74, 6) is 1.35. The van der Waals surface area contributed by atoms with Crippen LogP contribution in [0.5, 0.6) is 5.75 Å². The van der Waals surface area contributed by atoms with E-state index in [9.17, 15) is 0 Å². The van der Waals surface area contributed by atoms with Crippen LogP contribution in [0.4, 0.5) is 0 Å². The summed E-state index contributed by atoms with van der Waals surface area (Å²) in [5.41, 5.74) is 6.76. The zero-order chi connectivity index (χ0) is 13.1. The summed E-state index contributed by atoms with van der Waals surface area (Å²) in [6.45, 7) is 2.24. The first-order chi connectivity index (χ1) is 8.58. The Hall–Kier alpha value is -1.59. The summed E-state index contributed by atoms with van der Waals surface area (Å²) in [5, 5.41) is 4.51. The van der Waals surface area contributed by atoms with Gasteiger partial charge in [0.05, 0.1) is 5.02 Å². The molecule has 18 heavy (non-hydrogen) atoms. The van der Waals surface area contributed by atoms with Gasteiger partial charge in [-0.05, 0) is 24.6 Å². The topological polar surface area (TPSA) is 66.0 Å². The highest BCUT2D eigenvalue weighted by Crippen LogP contribution is 2.27. The van der Waals surface area contributed by atoms with Crippen molar-refractivity contribution in [3.05, 3.63) is 40.9 Å². The van der Waals surface area contributed by atoms with Gasteiger partial charge in [-0.3, -0.25) is 4.68 Å². The minimum atomic E-state index is -0.0460. The van der Waals surface area contributed by atoms with E-state index in [4.69, 9.17) is 22.1 Å². The lowest BCUT2D eigenvalue weighted by Gasteiger charge is -2.10. The van der Waals surface area contributed by atoms with Crippen molar-refractivity contribution in [2.75, 3.05) is 0 Å². The average molecular weight is 267 g/mol. The van der Waals surface area contributed by atoms with Gasteiger partial charge in [-0.1, -0.05) is 17.7 Å². The number of benzene rings is 1. The normalized spacial score (nSPS) is 12.4. The van der Waals surface area contributed by atoms with E-state index in [1.807, 2.05) is 32.2 Å². The Morgan fingerprint density at radius 2 is 2.28 bits per heavy atom. The smallest absolute Gasteiger partial charge is 0.164 e. The zero-order valence-corrected chi connectivity index (χ0v) is 11.1. The summed E-state index contributed by atoms with van der Waals surface area (Å²) in [7, 11) is 1.81. The van der Waals surface area contributed by atoms with Gasteiger partial charge in [-0.25, -0.2) is 4.98 Å². The Kier molecular flexibility index (Phi) is 3.84. The molecule has 2 rings (SSSR count). The van der Waals surface area contributed by atoms with Gasteiger partial charge in [-0.2, -0.15) is 5.10 Å². The minimum Gasteiger partial charge on any atom is -0.484 e. The number of halogens is 1. The molecule has 5 nitrogen and oxygen atoms in total. The van der Waals surface area contributed by atoms with E-state index >= 15 is 0 Å². The Morgan fingerprint density at radius 1 is 1.50 bits per heavy atom. The first-order valence-corrected chi connectivity index (χ1v) is 5.96. The first kappa shape index (κ1) is 12.9. The predicted octanol–water partition coefficient (Wildman–Crippen LogP) is 2.07. The van der Waals surface area contributed by atoms with Gasteiger partial charge in [-0.15, -0.1) is 0 Å². The second kappa shape index (κ2) is 5.37. The molecule has 1 heterocycles. The van der Waals surface area contributed by atoms with Crippen LogP contribution in [-0.4, -0.2) is 14.8 Å². The molecule has 0 aliphatic rings. The average Bonchev–Trinajstić information content (AvgIpc) is 2.73. The molecule has 1 atom stereocenters. The van der Waals surface area contributed by atoms with Crippen molar-refractivity contribution in [2.45, 2.75) is 19.6 Å². The van der Waals surface area contributed by atoms with Crippen LogP contribution < -0.4 is 10.5 Å². The van der Waals surface area contributed by atoms with E-state index in [0.717, 1.165) is 11.4 Å². The lowest BCUT2D eigenvalue weighted by molar-refractivity contribution is 0.290. The standard InChI is InChI=1S/C12H15ClN4O/c1-8(14)9-3-4-11(10(13)5-9)18-6-12-15-7-16-17(12)2/h3-5,7-8H,6,14H2,1-2H3/t8-/m0/s1. The minimum absolute atomic E-state index is 0.0460. The molecule has 2 N–H and O–H groups in total. The van der Waals surface area contributed by atoms with E-state index in [1.54, 1.807) is 4.68 Å². The number of aryl methyl sites for hydroxylation is 1. The molecule has 6 heteroatoms.